The maximum Gasteiger partial charge on any atom is 0.414 e. The van der Waals surface area contributed by atoms with Crippen molar-refractivity contribution in [2.45, 2.75) is 25.8 Å². The van der Waals surface area contributed by atoms with E-state index in [1.165, 1.54) is 11.3 Å². The molecule has 1 aromatic carbocycles. The van der Waals surface area contributed by atoms with Crippen LogP contribution in [0.1, 0.15) is 19.8 Å². The first-order chi connectivity index (χ1) is 13.8. The van der Waals surface area contributed by atoms with Gasteiger partial charge in [-0.05, 0) is 59.6 Å². The SMILES string of the molecule is CC(NC(=O)Oc1ccc(Br)s1)C(=O)Nc1ccc(N2CCCC(=O)N2)c(Cl)c1. The molecule has 2 aromatic rings. The van der Waals surface area contributed by atoms with Crippen LogP contribution in [-0.4, -0.2) is 30.5 Å². The van der Waals surface area contributed by atoms with Crippen molar-refractivity contribution in [2.24, 2.45) is 0 Å². The van der Waals surface area contributed by atoms with Gasteiger partial charge in [-0.2, -0.15) is 0 Å². The number of halogens is 2. The quantitative estimate of drug-likeness (QED) is 0.577. The number of carbonyl (C=O) groups is 3. The van der Waals surface area contributed by atoms with E-state index in [9.17, 15) is 14.4 Å². The Morgan fingerprint density at radius 2 is 2.14 bits per heavy atom. The van der Waals surface area contributed by atoms with Gasteiger partial charge in [-0.15, -0.1) is 0 Å². The largest absolute Gasteiger partial charge is 0.414 e. The van der Waals surface area contributed by atoms with Gasteiger partial charge in [0.05, 0.1) is 14.5 Å². The normalized spacial score (nSPS) is 14.7. The molecule has 3 amide bonds. The zero-order valence-corrected chi connectivity index (χ0v) is 18.5. The van der Waals surface area contributed by atoms with Crippen molar-refractivity contribution in [2.75, 3.05) is 16.9 Å². The van der Waals surface area contributed by atoms with Gasteiger partial charge >= 0.3 is 6.09 Å². The highest BCUT2D eigenvalue weighted by molar-refractivity contribution is 9.11. The number of ether oxygens (including phenoxy) is 1. The minimum Gasteiger partial charge on any atom is -0.399 e. The van der Waals surface area contributed by atoms with Gasteiger partial charge in [0.1, 0.15) is 6.04 Å². The molecule has 1 atom stereocenters. The number of amides is 3. The first-order valence-corrected chi connectivity index (χ1v) is 10.7. The van der Waals surface area contributed by atoms with Crippen LogP contribution in [0.4, 0.5) is 16.2 Å². The van der Waals surface area contributed by atoms with Gasteiger partial charge in [-0.1, -0.05) is 22.9 Å². The molecule has 3 rings (SSSR count). The van der Waals surface area contributed by atoms with Crippen molar-refractivity contribution < 1.29 is 19.1 Å². The Bertz CT molecular complexity index is 938. The van der Waals surface area contributed by atoms with Crippen LogP contribution in [0.5, 0.6) is 5.06 Å². The summed E-state index contributed by atoms with van der Waals surface area (Å²) < 4.78 is 5.94. The van der Waals surface area contributed by atoms with E-state index in [1.807, 2.05) is 0 Å². The summed E-state index contributed by atoms with van der Waals surface area (Å²) in [5.41, 5.74) is 3.87. The standard InChI is InChI=1S/C18H18BrClN4O4S/c1-10(21-18(27)28-16-7-6-14(19)29-16)17(26)22-11-4-5-13(12(20)9-11)24-8-2-3-15(25)23-24/h4-7,9-10H,2-3,8H2,1H3,(H,21,27)(H,22,26)(H,23,25). The number of hydrogen-bond acceptors (Lipinski definition) is 6. The highest BCUT2D eigenvalue weighted by Crippen LogP contribution is 2.30. The smallest absolute Gasteiger partial charge is 0.399 e. The zero-order chi connectivity index (χ0) is 21.0. The molecule has 2 heterocycles. The van der Waals surface area contributed by atoms with Gasteiger partial charge in [-0.3, -0.25) is 20.0 Å². The number of carbonyl (C=O) groups excluding carboxylic acids is 3. The van der Waals surface area contributed by atoms with Crippen molar-refractivity contribution in [3.8, 4) is 5.06 Å². The highest BCUT2D eigenvalue weighted by Gasteiger charge is 2.20. The molecule has 0 saturated carbocycles. The molecule has 8 nitrogen and oxygen atoms in total. The molecule has 1 aliphatic heterocycles. The van der Waals surface area contributed by atoms with E-state index in [1.54, 1.807) is 42.3 Å². The number of hydrazine groups is 1. The van der Waals surface area contributed by atoms with Crippen LogP contribution in [0, 0.1) is 0 Å². The van der Waals surface area contributed by atoms with Crippen LogP contribution in [0.2, 0.25) is 5.02 Å². The number of hydrogen-bond donors (Lipinski definition) is 3. The van der Waals surface area contributed by atoms with Gasteiger partial charge in [0.25, 0.3) is 0 Å². The Labute approximate surface area is 184 Å². The molecule has 1 unspecified atom stereocenters. The maximum absolute atomic E-state index is 12.3. The van der Waals surface area contributed by atoms with E-state index >= 15 is 0 Å². The molecule has 0 spiro atoms. The summed E-state index contributed by atoms with van der Waals surface area (Å²) in [5.74, 6) is -0.490. The first kappa shape index (κ1) is 21.4. The van der Waals surface area contributed by atoms with Gasteiger partial charge in [-0.25, -0.2) is 4.79 Å². The second-order valence-electron chi connectivity index (χ2n) is 6.26. The van der Waals surface area contributed by atoms with Crippen LogP contribution in [0.15, 0.2) is 34.1 Å². The maximum atomic E-state index is 12.3. The Hall–Kier alpha value is -2.30. The number of thiophene rings is 1. The predicted octanol–water partition coefficient (Wildman–Crippen LogP) is 3.91. The van der Waals surface area contributed by atoms with E-state index in [0.29, 0.717) is 34.4 Å². The molecule has 0 radical (unpaired) electrons. The molecule has 29 heavy (non-hydrogen) atoms. The molecule has 154 valence electrons. The topological polar surface area (TPSA) is 99.8 Å². The van der Waals surface area contributed by atoms with E-state index in [0.717, 1.165) is 10.2 Å². The van der Waals surface area contributed by atoms with Gasteiger partial charge < -0.3 is 15.4 Å². The summed E-state index contributed by atoms with van der Waals surface area (Å²) in [4.78, 5) is 35.8. The lowest BCUT2D eigenvalue weighted by atomic mass is 10.2. The highest BCUT2D eigenvalue weighted by atomic mass is 79.9. The fraction of sp³-hybridized carbons (Fsp3) is 0.278. The number of nitrogens with one attached hydrogen (secondary N) is 3. The Morgan fingerprint density at radius 3 is 2.79 bits per heavy atom. The Morgan fingerprint density at radius 1 is 1.34 bits per heavy atom. The monoisotopic (exact) mass is 500 g/mol. The lowest BCUT2D eigenvalue weighted by molar-refractivity contribution is -0.122. The third-order valence-corrected chi connectivity index (χ3v) is 5.83. The van der Waals surface area contributed by atoms with E-state index in [4.69, 9.17) is 16.3 Å². The molecular formula is C18H18BrClN4O4S. The number of benzene rings is 1. The fourth-order valence-corrected chi connectivity index (χ4v) is 4.09. The molecule has 0 aliphatic carbocycles. The average molecular weight is 502 g/mol. The molecule has 3 N–H and O–H groups in total. The zero-order valence-electron chi connectivity index (χ0n) is 15.3. The molecule has 1 aromatic heterocycles. The van der Waals surface area contributed by atoms with Crippen LogP contribution in [0.25, 0.3) is 0 Å². The lowest BCUT2D eigenvalue weighted by Crippen LogP contribution is -2.47. The van der Waals surface area contributed by atoms with Crippen LogP contribution < -0.4 is 25.8 Å². The Kier molecular flexibility index (Phi) is 6.99. The summed E-state index contributed by atoms with van der Waals surface area (Å²) in [5, 5.41) is 7.64. The van der Waals surface area contributed by atoms with Crippen LogP contribution in [0.3, 0.4) is 0 Å². The van der Waals surface area contributed by atoms with Crippen molar-refractivity contribution in [3.05, 3.63) is 39.1 Å². The van der Waals surface area contributed by atoms with Gasteiger partial charge in [0.15, 0.2) is 5.06 Å². The third-order valence-electron chi connectivity index (χ3n) is 4.02. The van der Waals surface area contributed by atoms with E-state index in [-0.39, 0.29) is 5.91 Å². The summed E-state index contributed by atoms with van der Waals surface area (Å²) in [6, 6.07) is 7.55. The molecule has 0 bridgehead atoms. The van der Waals surface area contributed by atoms with Crippen molar-refractivity contribution >= 4 is 68.2 Å². The molecule has 1 saturated heterocycles. The van der Waals surface area contributed by atoms with Gasteiger partial charge in [0, 0.05) is 18.7 Å². The van der Waals surface area contributed by atoms with E-state index < -0.39 is 18.0 Å². The summed E-state index contributed by atoms with van der Waals surface area (Å²) in [6.07, 6.45) is 0.498. The number of rotatable bonds is 5. The number of nitrogens with zero attached hydrogens (tertiary/aromatic N) is 1. The minimum atomic E-state index is -0.828. The first-order valence-electron chi connectivity index (χ1n) is 8.73. The van der Waals surface area contributed by atoms with Crippen LogP contribution in [-0.2, 0) is 9.59 Å². The molecular weight excluding hydrogens is 484 g/mol. The fourth-order valence-electron chi connectivity index (χ4n) is 2.61. The summed E-state index contributed by atoms with van der Waals surface area (Å²) >= 11 is 10.9. The Balaban J connectivity index is 1.56. The van der Waals surface area contributed by atoms with Crippen molar-refractivity contribution in [1.29, 1.82) is 0 Å². The lowest BCUT2D eigenvalue weighted by Gasteiger charge is -2.30. The van der Waals surface area contributed by atoms with E-state index in [2.05, 4.69) is 32.0 Å². The van der Waals surface area contributed by atoms with Gasteiger partial charge in [0.2, 0.25) is 11.8 Å². The molecule has 1 aliphatic rings. The van der Waals surface area contributed by atoms with Crippen molar-refractivity contribution in [3.63, 3.8) is 0 Å². The summed E-state index contributed by atoms with van der Waals surface area (Å²) in [7, 11) is 0. The predicted molar refractivity (Wildman–Crippen MR) is 115 cm³/mol. The third kappa shape index (κ3) is 5.84. The number of anilines is 2. The van der Waals surface area contributed by atoms with Crippen LogP contribution >= 0.6 is 38.9 Å². The van der Waals surface area contributed by atoms with Crippen molar-refractivity contribution in [1.82, 2.24) is 10.7 Å². The summed E-state index contributed by atoms with van der Waals surface area (Å²) in [6.45, 7) is 2.20. The minimum absolute atomic E-state index is 0.0635. The average Bonchev–Trinajstić information content (AvgIpc) is 3.06. The second kappa shape index (κ2) is 9.47. The molecule has 1 fully saturated rings. The second-order valence-corrected chi connectivity index (χ2v) is 9.09. The molecule has 11 heteroatoms.